The maximum absolute atomic E-state index is 13.2. The Balaban J connectivity index is 1.63. The lowest BCUT2D eigenvalue weighted by atomic mass is 10.2. The molecule has 0 saturated carbocycles. The molecule has 0 unspecified atom stereocenters. The molecule has 2 aromatic rings. The first-order valence-electron chi connectivity index (χ1n) is 7.78. The van der Waals surface area contributed by atoms with E-state index < -0.39 is 15.8 Å². The molecular weight excluding hydrogens is 431 g/mol. The first-order valence-corrected chi connectivity index (χ1v) is 10.4. The normalized spacial score (nSPS) is 16.9. The second kappa shape index (κ2) is 7.72. The standard InChI is InChI=1S/C17H17BrClFN2O2S/c18-14-2-4-15(5-3-14)25(23,24)22-9-7-21(8-10-22)12-13-1-6-17(20)16(19)11-13/h1-6,11H,7-10,12H2. The van der Waals surface area contributed by atoms with Gasteiger partial charge >= 0.3 is 0 Å². The van der Waals surface area contributed by atoms with Gasteiger partial charge in [0.25, 0.3) is 0 Å². The van der Waals surface area contributed by atoms with Crippen LogP contribution in [0, 0.1) is 5.82 Å². The lowest BCUT2D eigenvalue weighted by Crippen LogP contribution is -2.48. The molecule has 0 aromatic heterocycles. The number of nitrogens with zero attached hydrogens (tertiary/aromatic N) is 2. The van der Waals surface area contributed by atoms with E-state index in [9.17, 15) is 12.8 Å². The van der Waals surface area contributed by atoms with Crippen molar-refractivity contribution < 1.29 is 12.8 Å². The quantitative estimate of drug-likeness (QED) is 0.717. The van der Waals surface area contributed by atoms with Crippen molar-refractivity contribution >= 4 is 37.6 Å². The molecule has 2 aromatic carbocycles. The molecule has 0 bridgehead atoms. The maximum atomic E-state index is 13.2. The summed E-state index contributed by atoms with van der Waals surface area (Å²) in [4.78, 5) is 2.44. The van der Waals surface area contributed by atoms with E-state index in [1.165, 1.54) is 10.4 Å². The molecule has 0 spiro atoms. The molecule has 1 aliphatic rings. The first kappa shape index (κ1) is 18.8. The van der Waals surface area contributed by atoms with Crippen molar-refractivity contribution in [1.82, 2.24) is 9.21 Å². The van der Waals surface area contributed by atoms with Crippen molar-refractivity contribution in [3.63, 3.8) is 0 Å². The summed E-state index contributed by atoms with van der Waals surface area (Å²) in [6, 6.07) is 11.3. The third-order valence-corrected chi connectivity index (χ3v) is 6.90. The van der Waals surface area contributed by atoms with Crippen LogP contribution in [0.5, 0.6) is 0 Å². The minimum atomic E-state index is -3.47. The second-order valence-corrected chi connectivity index (χ2v) is 9.14. The molecule has 4 nitrogen and oxygen atoms in total. The molecule has 1 aliphatic heterocycles. The van der Waals surface area contributed by atoms with Crippen molar-refractivity contribution in [1.29, 1.82) is 0 Å². The summed E-state index contributed by atoms with van der Waals surface area (Å²) < 4.78 is 40.9. The first-order chi connectivity index (χ1) is 11.9. The van der Waals surface area contributed by atoms with E-state index >= 15 is 0 Å². The van der Waals surface area contributed by atoms with Crippen LogP contribution in [-0.2, 0) is 16.6 Å². The summed E-state index contributed by atoms with van der Waals surface area (Å²) in [5.41, 5.74) is 0.913. The van der Waals surface area contributed by atoms with E-state index in [4.69, 9.17) is 11.6 Å². The Morgan fingerprint density at radius 1 is 1.04 bits per heavy atom. The molecule has 1 fully saturated rings. The molecule has 0 radical (unpaired) electrons. The summed E-state index contributed by atoms with van der Waals surface area (Å²) in [5.74, 6) is -0.434. The monoisotopic (exact) mass is 446 g/mol. The van der Waals surface area contributed by atoms with Crippen molar-refractivity contribution in [2.75, 3.05) is 26.2 Å². The highest BCUT2D eigenvalue weighted by Gasteiger charge is 2.28. The van der Waals surface area contributed by atoms with Crippen LogP contribution < -0.4 is 0 Å². The van der Waals surface area contributed by atoms with Crippen molar-refractivity contribution in [2.24, 2.45) is 0 Å². The van der Waals surface area contributed by atoms with E-state index in [1.54, 1.807) is 36.4 Å². The van der Waals surface area contributed by atoms with E-state index in [0.29, 0.717) is 37.6 Å². The molecule has 1 heterocycles. The lowest BCUT2D eigenvalue weighted by molar-refractivity contribution is 0.181. The molecular formula is C17H17BrClFN2O2S. The van der Waals surface area contributed by atoms with Crippen molar-refractivity contribution in [3.05, 3.63) is 63.3 Å². The topological polar surface area (TPSA) is 40.6 Å². The minimum Gasteiger partial charge on any atom is -0.296 e. The fourth-order valence-corrected chi connectivity index (χ4v) is 4.67. The fourth-order valence-electron chi connectivity index (χ4n) is 2.78. The van der Waals surface area contributed by atoms with Crippen LogP contribution in [-0.4, -0.2) is 43.8 Å². The largest absolute Gasteiger partial charge is 0.296 e. The highest BCUT2D eigenvalue weighted by atomic mass is 79.9. The van der Waals surface area contributed by atoms with Gasteiger partial charge in [-0.05, 0) is 42.0 Å². The average molecular weight is 448 g/mol. The third kappa shape index (κ3) is 4.41. The molecule has 25 heavy (non-hydrogen) atoms. The molecule has 0 amide bonds. The number of hydrogen-bond acceptors (Lipinski definition) is 3. The molecule has 1 saturated heterocycles. The van der Waals surface area contributed by atoms with E-state index in [1.807, 2.05) is 0 Å². The zero-order valence-corrected chi connectivity index (χ0v) is 16.5. The van der Waals surface area contributed by atoms with Gasteiger partial charge in [-0.2, -0.15) is 4.31 Å². The Morgan fingerprint density at radius 3 is 2.28 bits per heavy atom. The van der Waals surface area contributed by atoms with Gasteiger partial charge < -0.3 is 0 Å². The van der Waals surface area contributed by atoms with Gasteiger partial charge in [0.1, 0.15) is 5.82 Å². The minimum absolute atomic E-state index is 0.106. The zero-order valence-electron chi connectivity index (χ0n) is 13.3. The molecule has 0 atom stereocenters. The molecule has 0 aliphatic carbocycles. The summed E-state index contributed by atoms with van der Waals surface area (Å²) >= 11 is 9.12. The van der Waals surface area contributed by atoms with Gasteiger partial charge in [-0.3, -0.25) is 4.90 Å². The Morgan fingerprint density at radius 2 is 1.68 bits per heavy atom. The van der Waals surface area contributed by atoms with E-state index in [-0.39, 0.29) is 5.02 Å². The van der Waals surface area contributed by atoms with Crippen LogP contribution in [0.15, 0.2) is 51.8 Å². The molecule has 8 heteroatoms. The molecule has 134 valence electrons. The summed E-state index contributed by atoms with van der Waals surface area (Å²) in [7, 11) is -3.47. The predicted molar refractivity (Wildman–Crippen MR) is 99.6 cm³/mol. The zero-order chi connectivity index (χ0) is 18.0. The predicted octanol–water partition coefficient (Wildman–Crippen LogP) is 3.75. The van der Waals surface area contributed by atoms with Gasteiger partial charge in [0.15, 0.2) is 0 Å². The number of hydrogen-bond donors (Lipinski definition) is 0. The number of rotatable bonds is 4. The van der Waals surface area contributed by atoms with Crippen LogP contribution in [0.3, 0.4) is 0 Å². The third-order valence-electron chi connectivity index (χ3n) is 4.17. The summed E-state index contributed by atoms with van der Waals surface area (Å²) in [5, 5.41) is 0.106. The van der Waals surface area contributed by atoms with Gasteiger partial charge in [-0.1, -0.05) is 33.6 Å². The van der Waals surface area contributed by atoms with Gasteiger partial charge in [-0.25, -0.2) is 12.8 Å². The maximum Gasteiger partial charge on any atom is 0.243 e. The van der Waals surface area contributed by atoms with E-state index in [2.05, 4.69) is 20.8 Å². The molecule has 0 N–H and O–H groups in total. The second-order valence-electron chi connectivity index (χ2n) is 5.88. The number of halogens is 3. The SMILES string of the molecule is O=S(=O)(c1ccc(Br)cc1)N1CCN(Cc2ccc(F)c(Cl)c2)CC1. The lowest BCUT2D eigenvalue weighted by Gasteiger charge is -2.34. The Hall–Kier alpha value is -0.990. The van der Waals surface area contributed by atoms with Gasteiger partial charge in [0.05, 0.1) is 9.92 Å². The van der Waals surface area contributed by atoms with Gasteiger partial charge in [0.2, 0.25) is 10.0 Å². The Labute approximate surface area is 160 Å². The van der Waals surface area contributed by atoms with Crippen LogP contribution in [0.2, 0.25) is 5.02 Å². The van der Waals surface area contributed by atoms with Gasteiger partial charge in [0, 0.05) is 37.2 Å². The van der Waals surface area contributed by atoms with Crippen LogP contribution in [0.25, 0.3) is 0 Å². The van der Waals surface area contributed by atoms with Gasteiger partial charge in [-0.15, -0.1) is 0 Å². The van der Waals surface area contributed by atoms with Crippen molar-refractivity contribution in [2.45, 2.75) is 11.4 Å². The number of piperazine rings is 1. The smallest absolute Gasteiger partial charge is 0.243 e. The van der Waals surface area contributed by atoms with E-state index in [0.717, 1.165) is 10.0 Å². The number of sulfonamides is 1. The fraction of sp³-hybridized carbons (Fsp3) is 0.294. The summed E-state index contributed by atoms with van der Waals surface area (Å²) in [6.07, 6.45) is 0. The molecule has 3 rings (SSSR count). The van der Waals surface area contributed by atoms with Crippen LogP contribution in [0.1, 0.15) is 5.56 Å². The average Bonchev–Trinajstić information content (AvgIpc) is 2.59. The van der Waals surface area contributed by atoms with Crippen molar-refractivity contribution in [3.8, 4) is 0 Å². The summed E-state index contributed by atoms with van der Waals surface area (Å²) in [6.45, 7) is 2.70. The van der Waals surface area contributed by atoms with Crippen LogP contribution >= 0.6 is 27.5 Å². The number of benzene rings is 2. The Bertz CT molecular complexity index is 853. The Kier molecular flexibility index (Phi) is 5.80. The van der Waals surface area contributed by atoms with Crippen LogP contribution in [0.4, 0.5) is 4.39 Å². The highest BCUT2D eigenvalue weighted by Crippen LogP contribution is 2.21. The highest BCUT2D eigenvalue weighted by molar-refractivity contribution is 9.10.